The first-order chi connectivity index (χ1) is 12.6. The molecule has 1 aromatic carbocycles. The number of rotatable bonds is 4. The van der Waals surface area contributed by atoms with Crippen LogP contribution in [0, 0.1) is 5.82 Å². The molecule has 5 nitrogen and oxygen atoms in total. The summed E-state index contributed by atoms with van der Waals surface area (Å²) in [6.45, 7) is 9.79. The lowest BCUT2D eigenvalue weighted by Gasteiger charge is -2.38. The highest BCUT2D eigenvalue weighted by Gasteiger charge is 2.31. The summed E-state index contributed by atoms with van der Waals surface area (Å²) >= 11 is 0. The van der Waals surface area contributed by atoms with E-state index in [0.717, 1.165) is 49.6 Å². The number of hydrogen-bond donors (Lipinski definition) is 0. The normalized spacial score (nSPS) is 30.2. The van der Waals surface area contributed by atoms with Gasteiger partial charge in [0.15, 0.2) is 6.79 Å². The molecule has 0 radical (unpaired) electrons. The average molecular weight is 364 g/mol. The van der Waals surface area contributed by atoms with E-state index in [0.29, 0.717) is 12.6 Å². The molecule has 0 spiro atoms. The smallest absolute Gasteiger partial charge is 0.189 e. The molecule has 0 N–H and O–H groups in total. The summed E-state index contributed by atoms with van der Waals surface area (Å²) in [7, 11) is 0. The Morgan fingerprint density at radius 1 is 1.19 bits per heavy atom. The maximum Gasteiger partial charge on any atom is 0.189 e. The van der Waals surface area contributed by atoms with Crippen molar-refractivity contribution in [3.05, 3.63) is 29.1 Å². The van der Waals surface area contributed by atoms with E-state index in [1.807, 2.05) is 0 Å². The molecule has 0 aliphatic carbocycles. The number of morpholine rings is 1. The first-order valence-corrected chi connectivity index (χ1v) is 9.72. The Kier molecular flexibility index (Phi) is 5.45. The van der Waals surface area contributed by atoms with E-state index in [1.165, 1.54) is 18.9 Å². The Hall–Kier alpha value is -1.21. The molecule has 2 fully saturated rings. The van der Waals surface area contributed by atoms with Gasteiger partial charge in [-0.1, -0.05) is 0 Å². The number of nitrogens with zero attached hydrogens (tertiary/aromatic N) is 2. The third-order valence-electron chi connectivity index (χ3n) is 5.59. The van der Waals surface area contributed by atoms with Gasteiger partial charge >= 0.3 is 0 Å². The van der Waals surface area contributed by atoms with Crippen LogP contribution in [0.3, 0.4) is 0 Å². The van der Waals surface area contributed by atoms with Crippen molar-refractivity contribution in [2.75, 3.05) is 33.0 Å². The highest BCUT2D eigenvalue weighted by atomic mass is 19.1. The molecule has 3 aliphatic rings. The zero-order valence-electron chi connectivity index (χ0n) is 15.7. The van der Waals surface area contributed by atoms with Gasteiger partial charge < -0.3 is 14.2 Å². The SMILES string of the molecule is C[C@@H]1CN(C[C@@H]2CCCN2Cc2cc(F)cc3c2OCOC3)C[C@H](C)O1. The van der Waals surface area contributed by atoms with Crippen LogP contribution in [-0.4, -0.2) is 61.0 Å². The summed E-state index contributed by atoms with van der Waals surface area (Å²) in [5.41, 5.74) is 1.76. The lowest BCUT2D eigenvalue weighted by molar-refractivity contribution is -0.0724. The minimum Gasteiger partial charge on any atom is -0.467 e. The van der Waals surface area contributed by atoms with Crippen molar-refractivity contribution in [3.8, 4) is 5.75 Å². The Bertz CT molecular complexity index is 632. The van der Waals surface area contributed by atoms with Gasteiger partial charge in [-0.3, -0.25) is 9.80 Å². The lowest BCUT2D eigenvalue weighted by Crippen LogP contribution is -2.50. The summed E-state index contributed by atoms with van der Waals surface area (Å²) < 4.78 is 30.9. The van der Waals surface area contributed by atoms with Crippen LogP contribution in [0.15, 0.2) is 12.1 Å². The first kappa shape index (κ1) is 18.2. The van der Waals surface area contributed by atoms with Crippen LogP contribution in [0.2, 0.25) is 0 Å². The fraction of sp³-hybridized carbons (Fsp3) is 0.700. The van der Waals surface area contributed by atoms with Crippen molar-refractivity contribution in [2.45, 2.75) is 58.1 Å². The maximum absolute atomic E-state index is 14.0. The summed E-state index contributed by atoms with van der Waals surface area (Å²) in [5.74, 6) is 0.608. The van der Waals surface area contributed by atoms with Crippen LogP contribution in [0.4, 0.5) is 4.39 Å². The van der Waals surface area contributed by atoms with Gasteiger partial charge in [-0.2, -0.15) is 0 Å². The molecule has 144 valence electrons. The second-order valence-electron chi connectivity index (χ2n) is 7.91. The highest BCUT2D eigenvalue weighted by molar-refractivity contribution is 5.42. The van der Waals surface area contributed by atoms with Crippen LogP contribution in [0.25, 0.3) is 0 Å². The van der Waals surface area contributed by atoms with E-state index in [-0.39, 0.29) is 24.8 Å². The molecule has 3 heterocycles. The summed E-state index contributed by atoms with van der Waals surface area (Å²) in [4.78, 5) is 5.01. The molecule has 0 unspecified atom stereocenters. The minimum atomic E-state index is -0.209. The van der Waals surface area contributed by atoms with Crippen molar-refractivity contribution in [3.63, 3.8) is 0 Å². The molecule has 1 aromatic rings. The Morgan fingerprint density at radius 2 is 2.00 bits per heavy atom. The van der Waals surface area contributed by atoms with Crippen molar-refractivity contribution in [1.82, 2.24) is 9.80 Å². The fourth-order valence-electron chi connectivity index (χ4n) is 4.63. The van der Waals surface area contributed by atoms with Crippen molar-refractivity contribution >= 4 is 0 Å². The standard InChI is InChI=1S/C20H29FN2O3/c1-14-8-22(9-15(2)26-14)11-19-4-3-5-23(19)10-16-6-18(21)7-17-12-24-13-25-20(16)17/h6-7,14-15,19H,3-5,8-13H2,1-2H3/t14-,15+,19-/m0/s1. The van der Waals surface area contributed by atoms with Crippen molar-refractivity contribution < 1.29 is 18.6 Å². The van der Waals surface area contributed by atoms with Crippen molar-refractivity contribution in [1.29, 1.82) is 0 Å². The lowest BCUT2D eigenvalue weighted by atomic mass is 10.1. The number of hydrogen-bond acceptors (Lipinski definition) is 5. The van der Waals surface area contributed by atoms with Crippen LogP contribution in [0.1, 0.15) is 37.8 Å². The summed E-state index contributed by atoms with van der Waals surface area (Å²) in [5, 5.41) is 0. The molecular formula is C20H29FN2O3. The molecular weight excluding hydrogens is 335 g/mol. The van der Waals surface area contributed by atoms with Gasteiger partial charge in [0.25, 0.3) is 0 Å². The second-order valence-corrected chi connectivity index (χ2v) is 7.91. The van der Waals surface area contributed by atoms with Crippen LogP contribution in [-0.2, 0) is 22.6 Å². The van der Waals surface area contributed by atoms with Gasteiger partial charge in [-0.05, 0) is 45.4 Å². The highest BCUT2D eigenvalue weighted by Crippen LogP contribution is 2.32. The molecule has 3 aliphatic heterocycles. The molecule has 4 rings (SSSR count). The van der Waals surface area contributed by atoms with E-state index in [9.17, 15) is 4.39 Å². The van der Waals surface area contributed by atoms with E-state index in [1.54, 1.807) is 6.07 Å². The molecule has 2 saturated heterocycles. The number of likely N-dealkylation sites (tertiary alicyclic amines) is 1. The predicted molar refractivity (Wildman–Crippen MR) is 96.6 cm³/mol. The zero-order chi connectivity index (χ0) is 18.1. The van der Waals surface area contributed by atoms with Gasteiger partial charge in [-0.15, -0.1) is 0 Å². The van der Waals surface area contributed by atoms with E-state index in [4.69, 9.17) is 14.2 Å². The second kappa shape index (κ2) is 7.80. The monoisotopic (exact) mass is 364 g/mol. The summed E-state index contributed by atoms with van der Waals surface area (Å²) in [6.07, 6.45) is 2.97. The maximum atomic E-state index is 14.0. The molecule has 26 heavy (non-hydrogen) atoms. The van der Waals surface area contributed by atoms with E-state index in [2.05, 4.69) is 23.6 Å². The van der Waals surface area contributed by atoms with Gasteiger partial charge in [-0.25, -0.2) is 4.39 Å². The van der Waals surface area contributed by atoms with Crippen LogP contribution in [0.5, 0.6) is 5.75 Å². The average Bonchev–Trinajstić information content (AvgIpc) is 3.00. The Balaban J connectivity index is 1.45. The quantitative estimate of drug-likeness (QED) is 0.821. The van der Waals surface area contributed by atoms with Crippen LogP contribution >= 0.6 is 0 Å². The van der Waals surface area contributed by atoms with Gasteiger partial charge in [0.05, 0.1) is 18.8 Å². The number of halogens is 1. The molecule has 3 atom stereocenters. The van der Waals surface area contributed by atoms with Crippen LogP contribution < -0.4 is 4.74 Å². The molecule has 6 heteroatoms. The molecule has 0 bridgehead atoms. The molecule has 0 aromatic heterocycles. The van der Waals surface area contributed by atoms with Gasteiger partial charge in [0.1, 0.15) is 11.6 Å². The number of ether oxygens (including phenoxy) is 3. The fourth-order valence-corrected chi connectivity index (χ4v) is 4.63. The predicted octanol–water partition coefficient (Wildman–Crippen LogP) is 2.77. The third-order valence-corrected chi connectivity index (χ3v) is 5.59. The first-order valence-electron chi connectivity index (χ1n) is 9.72. The third kappa shape index (κ3) is 4.03. The molecule has 0 amide bonds. The summed E-state index contributed by atoms with van der Waals surface area (Å²) in [6, 6.07) is 3.65. The largest absolute Gasteiger partial charge is 0.467 e. The van der Waals surface area contributed by atoms with E-state index < -0.39 is 0 Å². The van der Waals surface area contributed by atoms with E-state index >= 15 is 0 Å². The number of benzene rings is 1. The minimum absolute atomic E-state index is 0.209. The zero-order valence-corrected chi connectivity index (χ0v) is 15.7. The topological polar surface area (TPSA) is 34.2 Å². The Labute approximate surface area is 155 Å². The molecule has 0 saturated carbocycles. The van der Waals surface area contributed by atoms with Gasteiger partial charge in [0, 0.05) is 43.3 Å². The van der Waals surface area contributed by atoms with Crippen molar-refractivity contribution in [2.24, 2.45) is 0 Å². The number of fused-ring (bicyclic) bond motifs is 1. The van der Waals surface area contributed by atoms with Gasteiger partial charge in [0.2, 0.25) is 0 Å². The Morgan fingerprint density at radius 3 is 2.81 bits per heavy atom.